The lowest BCUT2D eigenvalue weighted by molar-refractivity contribution is -0.139. The van der Waals surface area contributed by atoms with Crippen LogP contribution in [0.4, 0.5) is 5.69 Å². The number of rotatable bonds is 15. The van der Waals surface area contributed by atoms with Crippen molar-refractivity contribution in [1.29, 1.82) is 0 Å². The molecule has 3 N–H and O–H groups in total. The van der Waals surface area contributed by atoms with E-state index in [9.17, 15) is 14.4 Å². The normalized spacial score (nSPS) is 29.0. The molecule has 8 nitrogen and oxygen atoms in total. The SMILES string of the molecule is CCCCCNC(=O)C1N(CCCCCCO)C(=O)[C@@H]2[C@@H](C(=O)Nc3ccc(OCC)cc3)[C@H]3CC(C)C12S3. The first-order valence-corrected chi connectivity index (χ1v) is 15.7. The average molecular weight is 560 g/mol. The summed E-state index contributed by atoms with van der Waals surface area (Å²) in [5, 5.41) is 15.3. The van der Waals surface area contributed by atoms with E-state index in [2.05, 4.69) is 24.5 Å². The van der Waals surface area contributed by atoms with Gasteiger partial charge in [0.15, 0.2) is 0 Å². The molecule has 3 unspecified atom stereocenters. The summed E-state index contributed by atoms with van der Waals surface area (Å²) in [4.78, 5) is 43.4. The lowest BCUT2D eigenvalue weighted by Crippen LogP contribution is -2.56. The third kappa shape index (κ3) is 5.94. The number of hydrogen-bond donors (Lipinski definition) is 3. The minimum atomic E-state index is -0.595. The first-order valence-electron chi connectivity index (χ1n) is 14.8. The quantitative estimate of drug-likeness (QED) is 0.278. The number of fused-ring (bicyclic) bond motifs is 1. The van der Waals surface area contributed by atoms with Crippen LogP contribution in [0.3, 0.4) is 0 Å². The van der Waals surface area contributed by atoms with Crippen LogP contribution in [-0.2, 0) is 14.4 Å². The van der Waals surface area contributed by atoms with Crippen molar-refractivity contribution in [2.45, 2.75) is 88.2 Å². The van der Waals surface area contributed by atoms with E-state index >= 15 is 0 Å². The summed E-state index contributed by atoms with van der Waals surface area (Å²) >= 11 is 1.71. The molecule has 4 rings (SSSR count). The first-order chi connectivity index (χ1) is 18.9. The number of thioether (sulfide) groups is 1. The number of hydrogen-bond acceptors (Lipinski definition) is 6. The molecule has 3 saturated heterocycles. The summed E-state index contributed by atoms with van der Waals surface area (Å²) in [5.41, 5.74) is 0.676. The average Bonchev–Trinajstić information content (AvgIpc) is 3.51. The molecule has 0 aliphatic carbocycles. The predicted octanol–water partition coefficient (Wildman–Crippen LogP) is 4.22. The van der Waals surface area contributed by atoms with E-state index in [1.807, 2.05) is 31.2 Å². The van der Waals surface area contributed by atoms with Gasteiger partial charge in [0, 0.05) is 30.6 Å². The Morgan fingerprint density at radius 1 is 1.08 bits per heavy atom. The van der Waals surface area contributed by atoms with Crippen LogP contribution in [-0.4, -0.2) is 70.1 Å². The fourth-order valence-electron chi connectivity index (χ4n) is 6.82. The van der Waals surface area contributed by atoms with Gasteiger partial charge in [0.25, 0.3) is 0 Å². The second-order valence-electron chi connectivity index (χ2n) is 11.2. The van der Waals surface area contributed by atoms with Crippen LogP contribution in [0.25, 0.3) is 0 Å². The molecule has 9 heteroatoms. The number of anilines is 1. The number of unbranched alkanes of at least 4 members (excludes halogenated alkanes) is 5. The van der Waals surface area contributed by atoms with Crippen molar-refractivity contribution in [3.63, 3.8) is 0 Å². The molecule has 3 aliphatic rings. The maximum atomic E-state index is 14.1. The van der Waals surface area contributed by atoms with Crippen LogP contribution in [0.5, 0.6) is 5.75 Å². The lowest BCUT2D eigenvalue weighted by atomic mass is 9.66. The van der Waals surface area contributed by atoms with E-state index in [1.54, 1.807) is 16.7 Å². The monoisotopic (exact) mass is 559 g/mol. The summed E-state index contributed by atoms with van der Waals surface area (Å²) in [5.74, 6) is -0.364. The molecule has 1 aromatic carbocycles. The van der Waals surface area contributed by atoms with E-state index in [0.717, 1.165) is 57.1 Å². The fourth-order valence-corrected chi connectivity index (χ4v) is 9.24. The number of nitrogens with zero attached hydrogens (tertiary/aromatic N) is 1. The van der Waals surface area contributed by atoms with Crippen molar-refractivity contribution >= 4 is 35.2 Å². The Kier molecular flexibility index (Phi) is 10.2. The van der Waals surface area contributed by atoms with E-state index in [4.69, 9.17) is 9.84 Å². The molecular formula is C30H45N3O5S. The smallest absolute Gasteiger partial charge is 0.244 e. The van der Waals surface area contributed by atoms with E-state index in [0.29, 0.717) is 25.4 Å². The van der Waals surface area contributed by atoms with Gasteiger partial charge in [-0.3, -0.25) is 14.4 Å². The Bertz CT molecular complexity index is 1000. The third-order valence-corrected chi connectivity index (χ3v) is 10.7. The highest BCUT2D eigenvalue weighted by atomic mass is 32.2. The number of nitrogens with one attached hydrogen (secondary N) is 2. The number of amides is 3. The van der Waals surface area contributed by atoms with Gasteiger partial charge >= 0.3 is 0 Å². The zero-order chi connectivity index (χ0) is 28.0. The van der Waals surface area contributed by atoms with Gasteiger partial charge < -0.3 is 25.4 Å². The van der Waals surface area contributed by atoms with Crippen LogP contribution in [0, 0.1) is 17.8 Å². The summed E-state index contributed by atoms with van der Waals surface area (Å²) < 4.78 is 4.92. The Morgan fingerprint density at radius 3 is 2.51 bits per heavy atom. The predicted molar refractivity (Wildman–Crippen MR) is 155 cm³/mol. The highest BCUT2D eigenvalue weighted by molar-refractivity contribution is 8.02. The van der Waals surface area contributed by atoms with E-state index in [1.165, 1.54) is 0 Å². The Labute approximate surface area is 237 Å². The molecule has 0 saturated carbocycles. The number of likely N-dealkylation sites (tertiary alicyclic amines) is 1. The summed E-state index contributed by atoms with van der Waals surface area (Å²) in [6.45, 7) is 8.05. The van der Waals surface area contributed by atoms with Crippen molar-refractivity contribution in [3.8, 4) is 5.75 Å². The molecule has 0 radical (unpaired) electrons. The Balaban J connectivity index is 1.56. The minimum Gasteiger partial charge on any atom is -0.494 e. The number of aliphatic hydroxyl groups excluding tert-OH is 1. The van der Waals surface area contributed by atoms with Crippen LogP contribution in [0.15, 0.2) is 24.3 Å². The zero-order valence-corrected chi connectivity index (χ0v) is 24.4. The molecule has 1 spiro atoms. The number of carbonyl (C=O) groups excluding carboxylic acids is 3. The molecule has 0 aromatic heterocycles. The minimum absolute atomic E-state index is 0.0127. The van der Waals surface area contributed by atoms with Gasteiger partial charge in [0.2, 0.25) is 17.7 Å². The van der Waals surface area contributed by atoms with Crippen molar-refractivity contribution in [2.24, 2.45) is 17.8 Å². The van der Waals surface area contributed by atoms with Crippen LogP contribution in [0.2, 0.25) is 0 Å². The van der Waals surface area contributed by atoms with Crippen molar-refractivity contribution in [3.05, 3.63) is 24.3 Å². The second-order valence-corrected chi connectivity index (χ2v) is 12.7. The van der Waals surface area contributed by atoms with Gasteiger partial charge in [0.05, 0.1) is 23.2 Å². The van der Waals surface area contributed by atoms with Crippen LogP contribution in [0.1, 0.15) is 72.1 Å². The van der Waals surface area contributed by atoms with Crippen molar-refractivity contribution in [1.82, 2.24) is 10.2 Å². The van der Waals surface area contributed by atoms with Gasteiger partial charge in [-0.2, -0.15) is 0 Å². The van der Waals surface area contributed by atoms with E-state index in [-0.39, 0.29) is 35.5 Å². The van der Waals surface area contributed by atoms with Gasteiger partial charge in [-0.1, -0.05) is 39.5 Å². The Morgan fingerprint density at radius 2 is 1.82 bits per heavy atom. The molecule has 3 heterocycles. The molecular weight excluding hydrogens is 514 g/mol. The molecule has 2 bridgehead atoms. The number of carbonyl (C=O) groups is 3. The molecule has 3 fully saturated rings. The molecule has 39 heavy (non-hydrogen) atoms. The van der Waals surface area contributed by atoms with Gasteiger partial charge in [-0.15, -0.1) is 11.8 Å². The first kappa shape index (κ1) is 29.7. The lowest BCUT2D eigenvalue weighted by Gasteiger charge is -2.38. The topological polar surface area (TPSA) is 108 Å². The standard InChI is InChI=1S/C30H45N3O5S/c1-4-6-9-16-31-28(36)26-30-20(3)19-23(39-30)24(25(30)29(37)33(26)17-10-7-8-11-18-34)27(35)32-21-12-14-22(15-13-21)38-5-2/h12-15,20,23-26,34H,4-11,16-19H2,1-3H3,(H,31,36)(H,32,35)/t20?,23-,24+,25+,26?,30?/m1/s1. The van der Waals surface area contributed by atoms with Crippen molar-refractivity contribution in [2.75, 3.05) is 31.6 Å². The van der Waals surface area contributed by atoms with Gasteiger partial charge in [0.1, 0.15) is 11.8 Å². The Hall–Kier alpha value is -2.26. The highest BCUT2D eigenvalue weighted by Crippen LogP contribution is 2.68. The fraction of sp³-hybridized carbons (Fsp3) is 0.700. The molecule has 216 valence electrons. The number of aliphatic hydroxyl groups is 1. The molecule has 3 amide bonds. The molecule has 3 aliphatic heterocycles. The summed E-state index contributed by atoms with van der Waals surface area (Å²) in [6, 6.07) is 6.74. The maximum Gasteiger partial charge on any atom is 0.244 e. The second kappa shape index (κ2) is 13.4. The van der Waals surface area contributed by atoms with E-state index < -0.39 is 22.6 Å². The molecule has 1 aromatic rings. The third-order valence-electron chi connectivity index (χ3n) is 8.62. The van der Waals surface area contributed by atoms with Crippen molar-refractivity contribution < 1.29 is 24.2 Å². The maximum absolute atomic E-state index is 14.1. The number of ether oxygens (including phenoxy) is 1. The van der Waals surface area contributed by atoms with Gasteiger partial charge in [-0.25, -0.2) is 0 Å². The van der Waals surface area contributed by atoms with Gasteiger partial charge in [-0.05, 0) is 62.8 Å². The zero-order valence-electron chi connectivity index (χ0n) is 23.6. The largest absolute Gasteiger partial charge is 0.494 e. The number of benzene rings is 1. The molecule has 6 atom stereocenters. The summed E-state index contributed by atoms with van der Waals surface area (Å²) in [7, 11) is 0. The summed E-state index contributed by atoms with van der Waals surface area (Å²) in [6.07, 6.45) is 7.15. The highest BCUT2D eigenvalue weighted by Gasteiger charge is 2.75. The van der Waals surface area contributed by atoms with Crippen LogP contribution < -0.4 is 15.4 Å². The van der Waals surface area contributed by atoms with Crippen LogP contribution >= 0.6 is 11.8 Å².